The Balaban J connectivity index is 1.88. The first kappa shape index (κ1) is 15.5. The third-order valence-electron chi connectivity index (χ3n) is 3.64. The van der Waals surface area contributed by atoms with Gasteiger partial charge in [0.2, 0.25) is 5.91 Å². The molecule has 6 nitrogen and oxygen atoms in total. The van der Waals surface area contributed by atoms with Crippen LogP contribution in [0.1, 0.15) is 18.1 Å². The normalized spacial score (nSPS) is 17.0. The number of carbonyl (C=O) groups excluding carboxylic acids is 1. The summed E-state index contributed by atoms with van der Waals surface area (Å²) in [5.74, 6) is -0.0617. The molecular formula is C16H16N2O4S. The van der Waals surface area contributed by atoms with E-state index >= 15 is 0 Å². The van der Waals surface area contributed by atoms with Gasteiger partial charge in [-0.05, 0) is 30.0 Å². The lowest BCUT2D eigenvalue weighted by Gasteiger charge is -2.14. The summed E-state index contributed by atoms with van der Waals surface area (Å²) >= 11 is 1.44. The fraction of sp³-hybridized carbons (Fsp3) is 0.250. The fourth-order valence-electron chi connectivity index (χ4n) is 2.51. The third kappa shape index (κ3) is 3.19. The van der Waals surface area contributed by atoms with Gasteiger partial charge in [0.15, 0.2) is 5.50 Å². The van der Waals surface area contributed by atoms with E-state index in [4.69, 9.17) is 4.42 Å². The van der Waals surface area contributed by atoms with Gasteiger partial charge in [0.1, 0.15) is 11.3 Å². The summed E-state index contributed by atoms with van der Waals surface area (Å²) in [5.41, 5.74) is 1.97. The Kier molecular flexibility index (Phi) is 4.04. The van der Waals surface area contributed by atoms with E-state index in [1.807, 2.05) is 12.3 Å². The standard InChI is InChI=1S/C16H16N2O4S/c1-8-12-4-3-11(20)6-14(12)22-15(21)13(8)5-10-7-23-16(18-10)17-9(2)19/h3-4,6-7,16,18,20H,5H2,1-2H3,(H,17,19). The molecule has 2 aromatic rings. The van der Waals surface area contributed by atoms with Gasteiger partial charge in [-0.15, -0.1) is 0 Å². The number of carbonyl (C=O) groups is 1. The first-order valence-electron chi connectivity index (χ1n) is 7.07. The van der Waals surface area contributed by atoms with Crippen molar-refractivity contribution < 1.29 is 14.3 Å². The molecule has 1 unspecified atom stereocenters. The Bertz CT molecular complexity index is 872. The lowest BCUT2D eigenvalue weighted by Crippen LogP contribution is -2.39. The van der Waals surface area contributed by atoms with Gasteiger partial charge >= 0.3 is 5.63 Å². The van der Waals surface area contributed by atoms with Crippen molar-refractivity contribution in [3.63, 3.8) is 0 Å². The Morgan fingerprint density at radius 2 is 2.26 bits per heavy atom. The number of hydrogen-bond acceptors (Lipinski definition) is 6. The average Bonchev–Trinajstić information content (AvgIpc) is 2.89. The zero-order valence-electron chi connectivity index (χ0n) is 12.7. The molecule has 1 aromatic carbocycles. The molecule has 1 atom stereocenters. The van der Waals surface area contributed by atoms with Gasteiger partial charge in [0.25, 0.3) is 0 Å². The molecule has 0 radical (unpaired) electrons. The Morgan fingerprint density at radius 3 is 3.00 bits per heavy atom. The minimum atomic E-state index is -0.420. The minimum Gasteiger partial charge on any atom is -0.508 e. The van der Waals surface area contributed by atoms with Crippen molar-refractivity contribution in [1.82, 2.24) is 10.6 Å². The molecule has 0 spiro atoms. The van der Waals surface area contributed by atoms with Crippen molar-refractivity contribution in [2.75, 3.05) is 0 Å². The highest BCUT2D eigenvalue weighted by atomic mass is 32.2. The van der Waals surface area contributed by atoms with Gasteiger partial charge in [-0.25, -0.2) is 4.79 Å². The number of fused-ring (bicyclic) bond motifs is 1. The first-order chi connectivity index (χ1) is 10.9. The maximum absolute atomic E-state index is 12.2. The number of allylic oxidation sites excluding steroid dienone is 1. The predicted molar refractivity (Wildman–Crippen MR) is 89.0 cm³/mol. The van der Waals surface area contributed by atoms with Gasteiger partial charge in [-0.1, -0.05) is 11.8 Å². The number of benzene rings is 1. The Morgan fingerprint density at radius 1 is 1.48 bits per heavy atom. The number of thioether (sulfide) groups is 1. The maximum Gasteiger partial charge on any atom is 0.340 e. The second-order valence-corrected chi connectivity index (χ2v) is 6.33. The van der Waals surface area contributed by atoms with Crippen molar-refractivity contribution in [3.05, 3.63) is 50.9 Å². The lowest BCUT2D eigenvalue weighted by atomic mass is 10.0. The molecule has 3 N–H and O–H groups in total. The van der Waals surface area contributed by atoms with E-state index in [9.17, 15) is 14.7 Å². The molecule has 2 heterocycles. The van der Waals surface area contributed by atoms with Crippen molar-refractivity contribution in [3.8, 4) is 5.75 Å². The van der Waals surface area contributed by atoms with Crippen molar-refractivity contribution in [1.29, 1.82) is 0 Å². The number of phenols is 1. The summed E-state index contributed by atoms with van der Waals surface area (Å²) in [6.45, 7) is 3.32. The highest BCUT2D eigenvalue weighted by Gasteiger charge is 2.20. The van der Waals surface area contributed by atoms with Gasteiger partial charge in [0.05, 0.1) is 0 Å². The molecular weight excluding hydrogens is 316 g/mol. The molecule has 120 valence electrons. The van der Waals surface area contributed by atoms with Gasteiger partial charge in [-0.3, -0.25) is 4.79 Å². The Labute approximate surface area is 136 Å². The zero-order valence-corrected chi connectivity index (χ0v) is 13.5. The van der Waals surface area contributed by atoms with Crippen LogP contribution in [-0.4, -0.2) is 16.5 Å². The summed E-state index contributed by atoms with van der Waals surface area (Å²) in [5, 5.41) is 18.1. The predicted octanol–water partition coefficient (Wildman–Crippen LogP) is 1.95. The molecule has 0 aliphatic carbocycles. The monoisotopic (exact) mass is 332 g/mol. The molecule has 0 saturated carbocycles. The SMILES string of the molecule is CC(=O)NC1NC(Cc2c(C)c3ccc(O)cc3oc2=O)=CS1. The van der Waals surface area contributed by atoms with E-state index in [0.717, 1.165) is 16.6 Å². The second-order valence-electron chi connectivity index (χ2n) is 5.35. The van der Waals surface area contributed by atoms with E-state index in [1.165, 1.54) is 24.8 Å². The fourth-order valence-corrected chi connectivity index (χ4v) is 3.42. The van der Waals surface area contributed by atoms with Crippen LogP contribution in [0.25, 0.3) is 11.0 Å². The van der Waals surface area contributed by atoms with Crippen LogP contribution in [0, 0.1) is 6.92 Å². The molecule has 1 aliphatic rings. The van der Waals surface area contributed by atoms with Crippen LogP contribution in [0.3, 0.4) is 0 Å². The number of aromatic hydroxyl groups is 1. The number of aryl methyl sites for hydroxylation is 1. The van der Waals surface area contributed by atoms with Crippen molar-refractivity contribution >= 4 is 28.6 Å². The van der Waals surface area contributed by atoms with Gasteiger partial charge in [0, 0.05) is 36.1 Å². The average molecular weight is 332 g/mol. The quantitative estimate of drug-likeness (QED) is 0.744. The molecule has 23 heavy (non-hydrogen) atoms. The van der Waals surface area contributed by atoms with Crippen LogP contribution in [0.4, 0.5) is 0 Å². The van der Waals surface area contributed by atoms with Crippen LogP contribution in [0.5, 0.6) is 5.75 Å². The van der Waals surface area contributed by atoms with Crippen molar-refractivity contribution in [2.45, 2.75) is 25.8 Å². The van der Waals surface area contributed by atoms with Gasteiger partial charge < -0.3 is 20.2 Å². The molecule has 0 bridgehead atoms. The van der Waals surface area contributed by atoms with E-state index < -0.39 is 5.63 Å². The summed E-state index contributed by atoms with van der Waals surface area (Å²) in [7, 11) is 0. The highest BCUT2D eigenvalue weighted by Crippen LogP contribution is 2.26. The van der Waals surface area contributed by atoms with E-state index in [1.54, 1.807) is 12.1 Å². The van der Waals surface area contributed by atoms with Crippen LogP contribution in [0.2, 0.25) is 0 Å². The second kappa shape index (κ2) is 6.00. The molecule has 1 aliphatic heterocycles. The summed E-state index contributed by atoms with van der Waals surface area (Å²) < 4.78 is 5.31. The molecule has 0 fully saturated rings. The number of phenolic OH excluding ortho intramolecular Hbond substituents is 1. The Hall–Kier alpha value is -2.41. The highest BCUT2D eigenvalue weighted by molar-refractivity contribution is 8.02. The van der Waals surface area contributed by atoms with Gasteiger partial charge in [-0.2, -0.15) is 0 Å². The van der Waals surface area contributed by atoms with Crippen molar-refractivity contribution in [2.24, 2.45) is 0 Å². The summed E-state index contributed by atoms with van der Waals surface area (Å²) in [6.07, 6.45) is 0.397. The number of amides is 1. The zero-order chi connectivity index (χ0) is 16.6. The third-order valence-corrected chi connectivity index (χ3v) is 4.56. The summed E-state index contributed by atoms with van der Waals surface area (Å²) in [6, 6.07) is 4.73. The topological polar surface area (TPSA) is 91.6 Å². The molecule has 7 heteroatoms. The molecule has 1 amide bonds. The molecule has 3 rings (SSSR count). The van der Waals surface area contributed by atoms with E-state index in [-0.39, 0.29) is 17.2 Å². The van der Waals surface area contributed by atoms with E-state index in [0.29, 0.717) is 17.6 Å². The first-order valence-corrected chi connectivity index (χ1v) is 8.02. The van der Waals surface area contributed by atoms with E-state index in [2.05, 4.69) is 10.6 Å². The lowest BCUT2D eigenvalue weighted by molar-refractivity contribution is -0.119. The van der Waals surface area contributed by atoms with Crippen LogP contribution in [0.15, 0.2) is 38.5 Å². The smallest absolute Gasteiger partial charge is 0.340 e. The number of nitrogens with one attached hydrogen (secondary N) is 2. The largest absolute Gasteiger partial charge is 0.508 e. The summed E-state index contributed by atoms with van der Waals surface area (Å²) in [4.78, 5) is 23.3. The maximum atomic E-state index is 12.2. The number of hydrogen-bond donors (Lipinski definition) is 3. The van der Waals surface area contributed by atoms with Crippen LogP contribution >= 0.6 is 11.8 Å². The minimum absolute atomic E-state index is 0.0579. The molecule has 0 saturated heterocycles. The van der Waals surface area contributed by atoms with Crippen LogP contribution in [-0.2, 0) is 11.2 Å². The number of rotatable bonds is 3. The van der Waals surface area contributed by atoms with Crippen LogP contribution < -0.4 is 16.3 Å². The molecule has 1 aromatic heterocycles.